The molecule has 0 unspecified atom stereocenters. The Kier molecular flexibility index (Phi) is 6.66. The van der Waals surface area contributed by atoms with Crippen LogP contribution in [0, 0.1) is 5.92 Å². The van der Waals surface area contributed by atoms with Crippen LogP contribution in [0.4, 0.5) is 11.5 Å². The average Bonchev–Trinajstić information content (AvgIpc) is 2.69. The predicted molar refractivity (Wildman–Crippen MR) is 105 cm³/mol. The molecule has 2 aromatic rings. The van der Waals surface area contributed by atoms with Crippen LogP contribution in [0.15, 0.2) is 30.7 Å². The standard InChI is InChI=1S/C19H25ClN4O2/c1-13(12-25)24-19-7-17(18(20)11-23-19)15-6-16(10-21-9-15)22-8-14-2-4-26-5-3-14/h6-7,9-11,13-14,22,25H,2-5,8,12H2,1H3,(H,23,24)/t13-/m1/s1. The highest BCUT2D eigenvalue weighted by Gasteiger charge is 2.14. The third kappa shape index (κ3) is 5.06. The van der Waals surface area contributed by atoms with E-state index in [1.54, 1.807) is 12.4 Å². The molecule has 0 spiro atoms. The summed E-state index contributed by atoms with van der Waals surface area (Å²) in [6, 6.07) is 3.85. The summed E-state index contributed by atoms with van der Waals surface area (Å²) in [7, 11) is 0. The Hall–Kier alpha value is -1.89. The number of ether oxygens (including phenoxy) is 1. The molecule has 0 aliphatic carbocycles. The molecule has 2 aromatic heterocycles. The number of nitrogens with one attached hydrogen (secondary N) is 2. The van der Waals surface area contributed by atoms with Gasteiger partial charge in [0.15, 0.2) is 0 Å². The van der Waals surface area contributed by atoms with Gasteiger partial charge in [-0.05, 0) is 37.8 Å². The van der Waals surface area contributed by atoms with E-state index in [1.165, 1.54) is 0 Å². The zero-order valence-corrected chi connectivity index (χ0v) is 15.7. The van der Waals surface area contributed by atoms with Gasteiger partial charge in [-0.1, -0.05) is 11.6 Å². The highest BCUT2D eigenvalue weighted by atomic mass is 35.5. The predicted octanol–water partition coefficient (Wildman–Crippen LogP) is 3.43. The summed E-state index contributed by atoms with van der Waals surface area (Å²) in [5.74, 6) is 1.30. The Morgan fingerprint density at radius 3 is 2.85 bits per heavy atom. The minimum Gasteiger partial charge on any atom is -0.394 e. The van der Waals surface area contributed by atoms with Crippen LogP contribution in [0.5, 0.6) is 0 Å². The lowest BCUT2D eigenvalue weighted by Gasteiger charge is -2.22. The van der Waals surface area contributed by atoms with E-state index in [4.69, 9.17) is 16.3 Å². The molecule has 1 atom stereocenters. The SMILES string of the molecule is C[C@H](CO)Nc1cc(-c2cncc(NCC3CCOCC3)c2)c(Cl)cn1. The van der Waals surface area contributed by atoms with Crippen molar-refractivity contribution in [3.8, 4) is 11.1 Å². The second-order valence-corrected chi connectivity index (χ2v) is 7.08. The summed E-state index contributed by atoms with van der Waals surface area (Å²) in [4.78, 5) is 8.62. The smallest absolute Gasteiger partial charge is 0.126 e. The van der Waals surface area contributed by atoms with Crippen LogP contribution in [0.3, 0.4) is 0 Å². The first-order valence-corrected chi connectivity index (χ1v) is 9.33. The van der Waals surface area contributed by atoms with Crippen molar-refractivity contribution in [3.63, 3.8) is 0 Å². The van der Waals surface area contributed by atoms with Crippen molar-refractivity contribution in [2.24, 2.45) is 5.92 Å². The molecule has 3 N–H and O–H groups in total. The maximum absolute atomic E-state index is 9.20. The Morgan fingerprint density at radius 1 is 1.27 bits per heavy atom. The minimum absolute atomic E-state index is 0.0345. The number of nitrogens with zero attached hydrogens (tertiary/aromatic N) is 2. The number of aliphatic hydroxyl groups is 1. The average molecular weight is 377 g/mol. The van der Waals surface area contributed by atoms with Crippen LogP contribution in [0.25, 0.3) is 11.1 Å². The summed E-state index contributed by atoms with van der Waals surface area (Å²) >= 11 is 6.35. The molecule has 26 heavy (non-hydrogen) atoms. The van der Waals surface area contributed by atoms with Crippen molar-refractivity contribution >= 4 is 23.1 Å². The van der Waals surface area contributed by atoms with Gasteiger partial charge in [0, 0.05) is 55.5 Å². The van der Waals surface area contributed by atoms with Gasteiger partial charge in [-0.25, -0.2) is 4.98 Å². The third-order valence-electron chi connectivity index (χ3n) is 4.51. The lowest BCUT2D eigenvalue weighted by atomic mass is 10.0. The van der Waals surface area contributed by atoms with Gasteiger partial charge in [-0.15, -0.1) is 0 Å². The number of rotatable bonds is 7. The molecule has 140 valence electrons. The number of aromatic nitrogens is 2. The van der Waals surface area contributed by atoms with Crippen LogP contribution >= 0.6 is 11.6 Å². The first-order valence-electron chi connectivity index (χ1n) is 8.95. The van der Waals surface area contributed by atoms with Crippen LogP contribution in [0.2, 0.25) is 5.02 Å². The molecular weight excluding hydrogens is 352 g/mol. The molecular formula is C19H25ClN4O2. The van der Waals surface area contributed by atoms with Crippen molar-refractivity contribution in [2.45, 2.75) is 25.8 Å². The quantitative estimate of drug-likeness (QED) is 0.687. The Morgan fingerprint density at radius 2 is 2.08 bits per heavy atom. The molecule has 3 heterocycles. The van der Waals surface area contributed by atoms with Gasteiger partial charge in [-0.3, -0.25) is 4.98 Å². The van der Waals surface area contributed by atoms with E-state index >= 15 is 0 Å². The van der Waals surface area contributed by atoms with Gasteiger partial charge in [0.2, 0.25) is 0 Å². The van der Waals surface area contributed by atoms with Crippen molar-refractivity contribution < 1.29 is 9.84 Å². The number of halogens is 1. The van der Waals surface area contributed by atoms with Crippen LogP contribution in [-0.4, -0.2) is 47.5 Å². The largest absolute Gasteiger partial charge is 0.394 e. The van der Waals surface area contributed by atoms with E-state index in [-0.39, 0.29) is 12.6 Å². The molecule has 1 aliphatic rings. The Balaban J connectivity index is 1.73. The first kappa shape index (κ1) is 18.9. The maximum atomic E-state index is 9.20. The van der Waals surface area contributed by atoms with Crippen LogP contribution < -0.4 is 10.6 Å². The highest BCUT2D eigenvalue weighted by Crippen LogP contribution is 2.30. The summed E-state index contributed by atoms with van der Waals surface area (Å²) < 4.78 is 5.41. The molecule has 1 saturated heterocycles. The third-order valence-corrected chi connectivity index (χ3v) is 4.81. The second-order valence-electron chi connectivity index (χ2n) is 6.68. The van der Waals surface area contributed by atoms with E-state index in [2.05, 4.69) is 20.6 Å². The molecule has 0 amide bonds. The normalized spacial score (nSPS) is 16.3. The van der Waals surface area contributed by atoms with Gasteiger partial charge in [-0.2, -0.15) is 0 Å². The van der Waals surface area contributed by atoms with Crippen molar-refractivity contribution in [3.05, 3.63) is 35.7 Å². The number of aliphatic hydroxyl groups excluding tert-OH is 1. The van der Waals surface area contributed by atoms with E-state index < -0.39 is 0 Å². The summed E-state index contributed by atoms with van der Waals surface area (Å²) in [5.41, 5.74) is 2.76. The summed E-state index contributed by atoms with van der Waals surface area (Å²) in [5, 5.41) is 16.4. The number of pyridine rings is 2. The summed E-state index contributed by atoms with van der Waals surface area (Å²) in [6.07, 6.45) is 7.42. The van der Waals surface area contributed by atoms with Gasteiger partial charge in [0.1, 0.15) is 5.82 Å². The Labute approximate surface area is 159 Å². The highest BCUT2D eigenvalue weighted by molar-refractivity contribution is 6.33. The number of anilines is 2. The van der Waals surface area contributed by atoms with E-state index in [1.807, 2.05) is 25.3 Å². The lowest BCUT2D eigenvalue weighted by molar-refractivity contribution is 0.0699. The van der Waals surface area contributed by atoms with Gasteiger partial charge in [0.25, 0.3) is 0 Å². The molecule has 1 fully saturated rings. The Bertz CT molecular complexity index is 722. The van der Waals surface area contributed by atoms with Gasteiger partial charge in [0.05, 0.1) is 17.3 Å². The fourth-order valence-electron chi connectivity index (χ4n) is 2.93. The fourth-order valence-corrected chi connectivity index (χ4v) is 3.15. The minimum atomic E-state index is -0.0814. The van der Waals surface area contributed by atoms with Gasteiger partial charge < -0.3 is 20.5 Å². The number of hydrogen-bond donors (Lipinski definition) is 3. The molecule has 1 aliphatic heterocycles. The summed E-state index contributed by atoms with van der Waals surface area (Å²) in [6.45, 7) is 4.53. The zero-order valence-electron chi connectivity index (χ0n) is 14.9. The molecule has 0 bridgehead atoms. The number of hydrogen-bond acceptors (Lipinski definition) is 6. The topological polar surface area (TPSA) is 79.3 Å². The molecule has 6 nitrogen and oxygen atoms in total. The van der Waals surface area contributed by atoms with Crippen LogP contribution in [0.1, 0.15) is 19.8 Å². The van der Waals surface area contributed by atoms with Crippen molar-refractivity contribution in [2.75, 3.05) is 37.0 Å². The van der Waals surface area contributed by atoms with E-state index in [9.17, 15) is 5.11 Å². The molecule has 7 heteroatoms. The molecule has 0 aromatic carbocycles. The zero-order chi connectivity index (χ0) is 18.4. The monoisotopic (exact) mass is 376 g/mol. The van der Waals surface area contributed by atoms with Crippen LogP contribution in [-0.2, 0) is 4.74 Å². The lowest BCUT2D eigenvalue weighted by Crippen LogP contribution is -2.22. The van der Waals surface area contributed by atoms with E-state index in [0.29, 0.717) is 16.8 Å². The maximum Gasteiger partial charge on any atom is 0.126 e. The van der Waals surface area contributed by atoms with Gasteiger partial charge >= 0.3 is 0 Å². The van der Waals surface area contributed by atoms with Crippen molar-refractivity contribution in [1.82, 2.24) is 9.97 Å². The van der Waals surface area contributed by atoms with Crippen molar-refractivity contribution in [1.29, 1.82) is 0 Å². The molecule has 0 saturated carbocycles. The first-order chi connectivity index (χ1) is 12.7. The fraction of sp³-hybridized carbons (Fsp3) is 0.474. The van der Waals surface area contributed by atoms with E-state index in [0.717, 1.165) is 49.4 Å². The molecule has 3 rings (SSSR count). The second kappa shape index (κ2) is 9.16. The molecule has 0 radical (unpaired) electrons.